The van der Waals surface area contributed by atoms with Crippen molar-refractivity contribution in [3.05, 3.63) is 71.8 Å². The van der Waals surface area contributed by atoms with E-state index >= 15 is 0 Å². The van der Waals surface area contributed by atoms with E-state index in [-0.39, 0.29) is 17.9 Å². The summed E-state index contributed by atoms with van der Waals surface area (Å²) < 4.78 is 0. The lowest BCUT2D eigenvalue weighted by Gasteiger charge is -2.35. The van der Waals surface area contributed by atoms with Crippen molar-refractivity contribution >= 4 is 11.8 Å². The Morgan fingerprint density at radius 2 is 1.46 bits per heavy atom. The highest BCUT2D eigenvalue weighted by molar-refractivity contribution is 5.89. The van der Waals surface area contributed by atoms with Gasteiger partial charge in [-0.15, -0.1) is 0 Å². The van der Waals surface area contributed by atoms with Gasteiger partial charge in [-0.25, -0.2) is 0 Å². The highest BCUT2D eigenvalue weighted by atomic mass is 16.2. The molecule has 0 aromatic heterocycles. The topological polar surface area (TPSA) is 40.6 Å². The monoisotopic (exact) mass is 376 g/mol. The minimum atomic E-state index is -0.274. The Morgan fingerprint density at radius 1 is 0.821 bits per heavy atom. The van der Waals surface area contributed by atoms with Crippen molar-refractivity contribution in [1.82, 2.24) is 9.80 Å². The Bertz CT molecular complexity index is 798. The molecule has 28 heavy (non-hydrogen) atoms. The Kier molecular flexibility index (Phi) is 5.75. The summed E-state index contributed by atoms with van der Waals surface area (Å²) in [7, 11) is 0. The molecule has 2 heterocycles. The number of amides is 2. The van der Waals surface area contributed by atoms with Crippen molar-refractivity contribution in [3.63, 3.8) is 0 Å². The first-order chi connectivity index (χ1) is 13.7. The summed E-state index contributed by atoms with van der Waals surface area (Å²) in [5.41, 5.74) is 2.38. The van der Waals surface area contributed by atoms with Crippen molar-refractivity contribution in [2.45, 2.75) is 44.1 Å². The smallest absolute Gasteiger partial charge is 0.245 e. The number of piperidine rings is 1. The molecule has 2 fully saturated rings. The zero-order valence-corrected chi connectivity index (χ0v) is 16.3. The summed E-state index contributed by atoms with van der Waals surface area (Å²) in [4.78, 5) is 29.7. The Balaban J connectivity index is 1.35. The van der Waals surface area contributed by atoms with Crippen molar-refractivity contribution in [2.24, 2.45) is 0 Å². The largest absolute Gasteiger partial charge is 0.341 e. The molecule has 2 aliphatic heterocycles. The molecule has 2 saturated heterocycles. The van der Waals surface area contributed by atoms with E-state index in [9.17, 15) is 9.59 Å². The van der Waals surface area contributed by atoms with E-state index in [1.54, 1.807) is 0 Å². The van der Waals surface area contributed by atoms with Crippen LogP contribution in [0.4, 0.5) is 0 Å². The standard InChI is InChI=1S/C24H28N2O2/c27-23(18-19-8-3-1-4-9-19)26-15-7-12-22(26)24(28)25-16-13-21(14-17-25)20-10-5-2-6-11-20/h1-6,8-11,21-22H,7,12-18H2. The normalized spacial score (nSPS) is 20.4. The second-order valence-electron chi connectivity index (χ2n) is 7.92. The van der Waals surface area contributed by atoms with Crippen molar-refractivity contribution < 1.29 is 9.59 Å². The molecule has 0 spiro atoms. The molecule has 4 nitrogen and oxygen atoms in total. The van der Waals surface area contributed by atoms with E-state index in [1.165, 1.54) is 5.56 Å². The highest BCUT2D eigenvalue weighted by Gasteiger charge is 2.37. The van der Waals surface area contributed by atoms with Crippen LogP contribution in [0.3, 0.4) is 0 Å². The number of rotatable bonds is 4. The van der Waals surface area contributed by atoms with Crippen LogP contribution in [0.15, 0.2) is 60.7 Å². The third-order valence-electron chi connectivity index (χ3n) is 6.13. The first-order valence-electron chi connectivity index (χ1n) is 10.4. The molecule has 2 amide bonds. The van der Waals surface area contributed by atoms with Gasteiger partial charge in [-0.2, -0.15) is 0 Å². The first-order valence-corrected chi connectivity index (χ1v) is 10.4. The molecule has 0 saturated carbocycles. The molecule has 2 aromatic rings. The average Bonchev–Trinajstić information content (AvgIpc) is 3.25. The number of carbonyl (C=O) groups is 2. The summed E-state index contributed by atoms with van der Waals surface area (Å²) in [6.07, 6.45) is 4.08. The third kappa shape index (κ3) is 4.11. The maximum atomic E-state index is 13.1. The van der Waals surface area contributed by atoms with Gasteiger partial charge in [0.15, 0.2) is 0 Å². The van der Waals surface area contributed by atoms with Gasteiger partial charge < -0.3 is 9.80 Å². The predicted molar refractivity (Wildman–Crippen MR) is 110 cm³/mol. The summed E-state index contributed by atoms with van der Waals surface area (Å²) >= 11 is 0. The van der Waals surface area contributed by atoms with Crippen molar-refractivity contribution in [2.75, 3.05) is 19.6 Å². The minimum absolute atomic E-state index is 0.0706. The molecule has 2 aromatic carbocycles. The van der Waals surface area contributed by atoms with E-state index in [0.717, 1.165) is 44.3 Å². The molecular formula is C24H28N2O2. The maximum absolute atomic E-state index is 13.1. The van der Waals surface area contributed by atoms with E-state index < -0.39 is 0 Å². The van der Waals surface area contributed by atoms with Gasteiger partial charge in [-0.3, -0.25) is 9.59 Å². The van der Waals surface area contributed by atoms with Gasteiger partial charge in [0.25, 0.3) is 0 Å². The zero-order valence-electron chi connectivity index (χ0n) is 16.3. The van der Waals surface area contributed by atoms with Gasteiger partial charge in [0.05, 0.1) is 6.42 Å². The van der Waals surface area contributed by atoms with Gasteiger partial charge in [-0.1, -0.05) is 60.7 Å². The van der Waals surface area contributed by atoms with Gasteiger partial charge in [-0.05, 0) is 42.7 Å². The molecule has 146 valence electrons. The minimum Gasteiger partial charge on any atom is -0.341 e. The predicted octanol–water partition coefficient (Wildman–Crippen LogP) is 3.63. The maximum Gasteiger partial charge on any atom is 0.245 e. The second-order valence-corrected chi connectivity index (χ2v) is 7.92. The van der Waals surface area contributed by atoms with Gasteiger partial charge in [0, 0.05) is 19.6 Å². The van der Waals surface area contributed by atoms with E-state index in [4.69, 9.17) is 0 Å². The first kappa shape index (κ1) is 18.7. The number of hydrogen-bond donors (Lipinski definition) is 0. The van der Waals surface area contributed by atoms with Crippen LogP contribution in [0, 0.1) is 0 Å². The van der Waals surface area contributed by atoms with Crippen LogP contribution in [-0.4, -0.2) is 47.3 Å². The van der Waals surface area contributed by atoms with E-state index in [0.29, 0.717) is 18.9 Å². The molecule has 0 N–H and O–H groups in total. The zero-order chi connectivity index (χ0) is 19.3. The van der Waals surface area contributed by atoms with Crippen LogP contribution < -0.4 is 0 Å². The summed E-state index contributed by atoms with van der Waals surface area (Å²) in [6, 6.07) is 20.1. The molecule has 1 atom stereocenters. The second kappa shape index (κ2) is 8.59. The Labute approximate surface area is 167 Å². The van der Waals surface area contributed by atoms with Gasteiger partial charge in [0.1, 0.15) is 6.04 Å². The number of benzene rings is 2. The molecule has 2 aliphatic rings. The molecule has 1 unspecified atom stereocenters. The lowest BCUT2D eigenvalue weighted by molar-refractivity contribution is -0.144. The number of hydrogen-bond acceptors (Lipinski definition) is 2. The summed E-state index contributed by atoms with van der Waals surface area (Å²) in [6.45, 7) is 2.27. The van der Waals surface area contributed by atoms with Crippen LogP contribution >= 0.6 is 0 Å². The van der Waals surface area contributed by atoms with Crippen molar-refractivity contribution in [3.8, 4) is 0 Å². The van der Waals surface area contributed by atoms with Gasteiger partial charge in [0.2, 0.25) is 11.8 Å². The molecule has 4 rings (SSSR count). The van der Waals surface area contributed by atoms with E-state index in [2.05, 4.69) is 24.3 Å². The summed E-state index contributed by atoms with van der Waals surface area (Å²) in [5.74, 6) is 0.747. The fraction of sp³-hybridized carbons (Fsp3) is 0.417. The Hall–Kier alpha value is -2.62. The highest BCUT2D eigenvalue weighted by Crippen LogP contribution is 2.29. The van der Waals surface area contributed by atoms with Crippen LogP contribution in [0.1, 0.15) is 42.7 Å². The van der Waals surface area contributed by atoms with Crippen LogP contribution in [0.5, 0.6) is 0 Å². The molecule has 0 bridgehead atoms. The fourth-order valence-electron chi connectivity index (χ4n) is 4.56. The van der Waals surface area contributed by atoms with Crippen LogP contribution in [-0.2, 0) is 16.0 Å². The number of carbonyl (C=O) groups excluding carboxylic acids is 2. The number of likely N-dealkylation sites (tertiary alicyclic amines) is 2. The quantitative estimate of drug-likeness (QED) is 0.818. The Morgan fingerprint density at radius 3 is 2.14 bits per heavy atom. The lowest BCUT2D eigenvalue weighted by atomic mass is 9.89. The van der Waals surface area contributed by atoms with Crippen LogP contribution in [0.25, 0.3) is 0 Å². The van der Waals surface area contributed by atoms with E-state index in [1.807, 2.05) is 46.2 Å². The SMILES string of the molecule is O=C(C1CCCN1C(=O)Cc1ccccc1)N1CCC(c2ccccc2)CC1. The third-order valence-corrected chi connectivity index (χ3v) is 6.13. The summed E-state index contributed by atoms with van der Waals surface area (Å²) in [5, 5.41) is 0. The lowest BCUT2D eigenvalue weighted by Crippen LogP contribution is -2.50. The fourth-order valence-corrected chi connectivity index (χ4v) is 4.56. The average molecular weight is 377 g/mol. The van der Waals surface area contributed by atoms with Crippen molar-refractivity contribution in [1.29, 1.82) is 0 Å². The number of nitrogens with zero attached hydrogens (tertiary/aromatic N) is 2. The molecule has 0 radical (unpaired) electrons. The van der Waals surface area contributed by atoms with Crippen LogP contribution in [0.2, 0.25) is 0 Å². The van der Waals surface area contributed by atoms with Gasteiger partial charge >= 0.3 is 0 Å². The molecular weight excluding hydrogens is 348 g/mol. The molecule has 4 heteroatoms. The molecule has 0 aliphatic carbocycles.